The van der Waals surface area contributed by atoms with Crippen molar-refractivity contribution in [2.24, 2.45) is 0 Å². The second kappa shape index (κ2) is 5.22. The number of hydrogen-bond donors (Lipinski definition) is 1. The summed E-state index contributed by atoms with van der Waals surface area (Å²) in [5.74, 6) is 1.03. The van der Waals surface area contributed by atoms with Gasteiger partial charge in [-0.25, -0.2) is 8.42 Å². The van der Waals surface area contributed by atoms with Crippen LogP contribution < -0.4 is 10.5 Å². The van der Waals surface area contributed by atoms with E-state index in [-0.39, 0.29) is 10.6 Å². The van der Waals surface area contributed by atoms with E-state index in [1.54, 1.807) is 12.1 Å². The highest BCUT2D eigenvalue weighted by Crippen LogP contribution is 2.33. The van der Waals surface area contributed by atoms with Crippen molar-refractivity contribution in [1.82, 2.24) is 0 Å². The number of anilines is 1. The molecule has 0 unspecified atom stereocenters. The molecule has 0 fully saturated rings. The molecule has 2 rings (SSSR count). The van der Waals surface area contributed by atoms with Crippen LogP contribution in [0, 0.1) is 0 Å². The SMILES string of the molecule is CS(=O)(=O)c1ccc(Oc2ccccc2Br)c(N)c1. The van der Waals surface area contributed by atoms with Crippen LogP contribution in [0.15, 0.2) is 51.8 Å². The van der Waals surface area contributed by atoms with E-state index in [4.69, 9.17) is 10.5 Å². The third-order valence-electron chi connectivity index (χ3n) is 2.47. The largest absolute Gasteiger partial charge is 0.454 e. The molecule has 0 bridgehead atoms. The van der Waals surface area contributed by atoms with Crippen LogP contribution in [0.25, 0.3) is 0 Å². The maximum absolute atomic E-state index is 11.4. The summed E-state index contributed by atoms with van der Waals surface area (Å²) in [4.78, 5) is 0.171. The lowest BCUT2D eigenvalue weighted by Gasteiger charge is -2.10. The van der Waals surface area contributed by atoms with Crippen molar-refractivity contribution in [1.29, 1.82) is 0 Å². The first kappa shape index (κ1) is 13.9. The van der Waals surface area contributed by atoms with Crippen LogP contribution in [-0.4, -0.2) is 14.7 Å². The molecule has 4 nitrogen and oxygen atoms in total. The van der Waals surface area contributed by atoms with Crippen LogP contribution in [0.2, 0.25) is 0 Å². The van der Waals surface area contributed by atoms with Gasteiger partial charge in [0.25, 0.3) is 0 Å². The average molecular weight is 342 g/mol. The van der Waals surface area contributed by atoms with Gasteiger partial charge in [0, 0.05) is 6.26 Å². The zero-order valence-corrected chi connectivity index (χ0v) is 12.5. The van der Waals surface area contributed by atoms with Crippen LogP contribution in [-0.2, 0) is 9.84 Å². The summed E-state index contributed by atoms with van der Waals surface area (Å²) >= 11 is 3.36. The van der Waals surface area contributed by atoms with Crippen molar-refractivity contribution in [2.75, 3.05) is 12.0 Å². The van der Waals surface area contributed by atoms with E-state index >= 15 is 0 Å². The normalized spacial score (nSPS) is 11.3. The molecular weight excluding hydrogens is 330 g/mol. The predicted molar refractivity (Wildman–Crippen MR) is 78.2 cm³/mol. The van der Waals surface area contributed by atoms with Crippen molar-refractivity contribution in [3.8, 4) is 11.5 Å². The average Bonchev–Trinajstić information content (AvgIpc) is 2.33. The Bertz CT molecular complexity index is 714. The van der Waals surface area contributed by atoms with Crippen molar-refractivity contribution >= 4 is 31.5 Å². The fraction of sp³-hybridized carbons (Fsp3) is 0.0769. The first-order valence-corrected chi connectivity index (χ1v) is 8.08. The van der Waals surface area contributed by atoms with Gasteiger partial charge in [0.15, 0.2) is 9.84 Å². The molecule has 0 saturated carbocycles. The predicted octanol–water partition coefficient (Wildman–Crippen LogP) is 3.23. The quantitative estimate of drug-likeness (QED) is 0.870. The Labute approximate surface area is 120 Å². The third kappa shape index (κ3) is 3.27. The minimum atomic E-state index is -3.27. The van der Waals surface area contributed by atoms with E-state index in [0.29, 0.717) is 11.5 Å². The molecular formula is C13H12BrNO3S. The lowest BCUT2D eigenvalue weighted by Crippen LogP contribution is -2.00. The van der Waals surface area contributed by atoms with Gasteiger partial charge in [0.2, 0.25) is 0 Å². The second-order valence-electron chi connectivity index (χ2n) is 4.00. The van der Waals surface area contributed by atoms with Gasteiger partial charge in [-0.2, -0.15) is 0 Å². The molecule has 0 aliphatic carbocycles. The molecule has 0 spiro atoms. The van der Waals surface area contributed by atoms with Crippen LogP contribution >= 0.6 is 15.9 Å². The molecule has 0 saturated heterocycles. The number of ether oxygens (including phenoxy) is 1. The van der Waals surface area contributed by atoms with Crippen molar-refractivity contribution in [2.45, 2.75) is 4.90 Å². The summed E-state index contributed by atoms with van der Waals surface area (Å²) in [5, 5.41) is 0. The highest BCUT2D eigenvalue weighted by molar-refractivity contribution is 9.10. The van der Waals surface area contributed by atoms with Crippen LogP contribution in [0.5, 0.6) is 11.5 Å². The molecule has 0 atom stereocenters. The Hall–Kier alpha value is -1.53. The van der Waals surface area contributed by atoms with Crippen molar-refractivity contribution < 1.29 is 13.2 Å². The highest BCUT2D eigenvalue weighted by Gasteiger charge is 2.11. The second-order valence-corrected chi connectivity index (χ2v) is 6.87. The maximum atomic E-state index is 11.4. The van der Waals surface area contributed by atoms with E-state index in [9.17, 15) is 8.42 Å². The first-order valence-electron chi connectivity index (χ1n) is 5.40. The molecule has 2 N–H and O–H groups in total. The van der Waals surface area contributed by atoms with Crippen molar-refractivity contribution in [3.05, 3.63) is 46.9 Å². The molecule has 19 heavy (non-hydrogen) atoms. The van der Waals surface area contributed by atoms with E-state index in [2.05, 4.69) is 15.9 Å². The highest BCUT2D eigenvalue weighted by atomic mass is 79.9. The van der Waals surface area contributed by atoms with Gasteiger partial charge in [-0.3, -0.25) is 0 Å². The monoisotopic (exact) mass is 341 g/mol. The molecule has 0 heterocycles. The number of nitrogen functional groups attached to an aromatic ring is 1. The van der Waals surface area contributed by atoms with Gasteiger partial charge in [-0.05, 0) is 46.3 Å². The molecule has 2 aromatic carbocycles. The van der Waals surface area contributed by atoms with E-state index in [1.807, 2.05) is 18.2 Å². The van der Waals surface area contributed by atoms with Gasteiger partial charge in [0.1, 0.15) is 11.5 Å². The van der Waals surface area contributed by atoms with E-state index in [1.165, 1.54) is 12.1 Å². The molecule has 0 amide bonds. The Morgan fingerprint density at radius 3 is 2.37 bits per heavy atom. The summed E-state index contributed by atoms with van der Waals surface area (Å²) in [6.07, 6.45) is 1.14. The third-order valence-corrected chi connectivity index (χ3v) is 4.23. The lowest BCUT2D eigenvalue weighted by atomic mass is 10.3. The summed E-state index contributed by atoms with van der Waals surface area (Å²) in [5.41, 5.74) is 6.09. The standard InChI is InChI=1S/C13H12BrNO3S/c1-19(16,17)9-6-7-13(11(15)8-9)18-12-5-3-2-4-10(12)14/h2-8H,15H2,1H3. The first-order chi connectivity index (χ1) is 8.88. The summed E-state index contributed by atoms with van der Waals surface area (Å²) < 4.78 is 29.2. The Morgan fingerprint density at radius 1 is 1.11 bits per heavy atom. The molecule has 2 aromatic rings. The van der Waals surface area contributed by atoms with Crippen LogP contribution in [0.1, 0.15) is 0 Å². The maximum Gasteiger partial charge on any atom is 0.175 e. The number of benzene rings is 2. The van der Waals surface area contributed by atoms with E-state index < -0.39 is 9.84 Å². The summed E-state index contributed by atoms with van der Waals surface area (Å²) in [6.45, 7) is 0. The van der Waals surface area contributed by atoms with Gasteiger partial charge >= 0.3 is 0 Å². The number of rotatable bonds is 3. The van der Waals surface area contributed by atoms with Gasteiger partial charge in [-0.1, -0.05) is 12.1 Å². The van der Waals surface area contributed by atoms with E-state index in [0.717, 1.165) is 10.7 Å². The molecule has 0 aliphatic heterocycles. The van der Waals surface area contributed by atoms with Gasteiger partial charge in [-0.15, -0.1) is 0 Å². The number of hydrogen-bond acceptors (Lipinski definition) is 4. The number of nitrogens with two attached hydrogens (primary N) is 1. The fourth-order valence-corrected chi connectivity index (χ4v) is 2.52. The molecule has 0 aliphatic rings. The van der Waals surface area contributed by atoms with Crippen LogP contribution in [0.4, 0.5) is 5.69 Å². The fourth-order valence-electron chi connectivity index (χ4n) is 1.50. The molecule has 0 aromatic heterocycles. The molecule has 100 valence electrons. The zero-order valence-electron chi connectivity index (χ0n) is 10.1. The smallest absolute Gasteiger partial charge is 0.175 e. The number of sulfone groups is 1. The van der Waals surface area contributed by atoms with Crippen LogP contribution in [0.3, 0.4) is 0 Å². The van der Waals surface area contributed by atoms with Gasteiger partial charge in [0.05, 0.1) is 15.1 Å². The Kier molecular flexibility index (Phi) is 3.82. The lowest BCUT2D eigenvalue weighted by molar-refractivity contribution is 0.481. The molecule has 0 radical (unpaired) electrons. The summed E-state index contributed by atoms with van der Waals surface area (Å²) in [7, 11) is -3.27. The van der Waals surface area contributed by atoms with Gasteiger partial charge < -0.3 is 10.5 Å². The topological polar surface area (TPSA) is 69.4 Å². The minimum absolute atomic E-state index is 0.171. The molecule has 6 heteroatoms. The minimum Gasteiger partial charge on any atom is -0.454 e. The summed E-state index contributed by atoms with van der Waals surface area (Å²) in [6, 6.07) is 11.7. The Morgan fingerprint density at radius 2 is 1.79 bits per heavy atom. The van der Waals surface area contributed by atoms with Crippen molar-refractivity contribution in [3.63, 3.8) is 0 Å². The number of para-hydroxylation sites is 1. The Balaban J connectivity index is 2.36. The zero-order chi connectivity index (χ0) is 14.0. The number of halogens is 1.